The van der Waals surface area contributed by atoms with E-state index in [4.69, 9.17) is 4.74 Å². The molecule has 1 aliphatic heterocycles. The number of fused-ring (bicyclic) bond motifs is 1. The van der Waals surface area contributed by atoms with Crippen molar-refractivity contribution in [2.75, 3.05) is 31.6 Å². The molecule has 1 fully saturated rings. The van der Waals surface area contributed by atoms with Gasteiger partial charge in [0.05, 0.1) is 10.4 Å². The lowest BCUT2D eigenvalue weighted by atomic mass is 10.1. The van der Waals surface area contributed by atoms with Crippen molar-refractivity contribution in [1.82, 2.24) is 9.88 Å². The van der Waals surface area contributed by atoms with Gasteiger partial charge in [-0.1, -0.05) is 32.0 Å². The maximum Gasteiger partial charge on any atom is 0.311 e. The lowest BCUT2D eigenvalue weighted by Gasteiger charge is -2.31. The van der Waals surface area contributed by atoms with Gasteiger partial charge in [0.15, 0.2) is 0 Å². The molecule has 2 aromatic rings. The van der Waals surface area contributed by atoms with E-state index in [1.807, 2.05) is 43.0 Å². The molecule has 3 rings (SSSR count). The van der Waals surface area contributed by atoms with Gasteiger partial charge in [0, 0.05) is 37.7 Å². The topological polar surface area (TPSA) is 97.6 Å². The molecule has 29 heavy (non-hydrogen) atoms. The van der Waals surface area contributed by atoms with Crippen LogP contribution < -0.4 is 5.32 Å². The fourth-order valence-electron chi connectivity index (χ4n) is 3.43. The smallest absolute Gasteiger partial charge is 0.311 e. The average Bonchev–Trinajstić information content (AvgIpc) is 2.78. The molecule has 8 heteroatoms. The number of nitrogens with zero attached hydrogens (tertiary/aromatic N) is 3. The van der Waals surface area contributed by atoms with Crippen molar-refractivity contribution in [1.29, 1.82) is 0 Å². The van der Waals surface area contributed by atoms with Gasteiger partial charge in [0.2, 0.25) is 6.41 Å². The van der Waals surface area contributed by atoms with Crippen LogP contribution >= 0.6 is 0 Å². The lowest BCUT2D eigenvalue weighted by Crippen LogP contribution is -2.39. The Balaban J connectivity index is 0.00000145. The Morgan fingerprint density at radius 2 is 2.00 bits per heavy atom. The molecular weight excluding hydrogens is 372 g/mol. The molecule has 1 aromatic carbocycles. The molecule has 1 amide bonds. The van der Waals surface area contributed by atoms with Crippen LogP contribution in [0.15, 0.2) is 30.5 Å². The SMILES string of the molecule is CC.O=CN(CCCCNc1c([N+](=O)[O-])cnc2ccccc12)C1CCOCC1. The van der Waals surface area contributed by atoms with E-state index in [1.165, 1.54) is 6.20 Å². The molecule has 0 spiro atoms. The molecule has 2 heterocycles. The van der Waals surface area contributed by atoms with Gasteiger partial charge in [-0.05, 0) is 31.7 Å². The van der Waals surface area contributed by atoms with E-state index in [9.17, 15) is 14.9 Å². The van der Waals surface area contributed by atoms with E-state index >= 15 is 0 Å². The van der Waals surface area contributed by atoms with Gasteiger partial charge in [-0.25, -0.2) is 4.98 Å². The van der Waals surface area contributed by atoms with Gasteiger partial charge in [-0.2, -0.15) is 0 Å². The zero-order valence-electron chi connectivity index (χ0n) is 17.2. The number of amides is 1. The monoisotopic (exact) mass is 402 g/mol. The Bertz CT molecular complexity index is 793. The minimum absolute atomic E-state index is 0.0228. The number of para-hydroxylation sites is 1. The van der Waals surface area contributed by atoms with Crippen molar-refractivity contribution in [3.05, 3.63) is 40.6 Å². The minimum atomic E-state index is -0.416. The zero-order chi connectivity index (χ0) is 21.1. The summed E-state index contributed by atoms with van der Waals surface area (Å²) in [5.41, 5.74) is 1.20. The minimum Gasteiger partial charge on any atom is -0.381 e. The second-order valence-corrected chi connectivity index (χ2v) is 6.61. The Kier molecular flexibility index (Phi) is 9.30. The number of carbonyl (C=O) groups is 1. The predicted molar refractivity (Wildman–Crippen MR) is 114 cm³/mol. The number of pyridine rings is 1. The number of hydrogen-bond donors (Lipinski definition) is 1. The number of nitrogens with one attached hydrogen (secondary N) is 1. The first-order chi connectivity index (χ1) is 14.2. The van der Waals surface area contributed by atoms with E-state index in [1.54, 1.807) is 0 Å². The summed E-state index contributed by atoms with van der Waals surface area (Å²) in [6.07, 6.45) is 5.62. The predicted octanol–water partition coefficient (Wildman–Crippen LogP) is 4.00. The summed E-state index contributed by atoms with van der Waals surface area (Å²) in [6, 6.07) is 7.62. The fraction of sp³-hybridized carbons (Fsp3) is 0.524. The Morgan fingerprint density at radius 3 is 2.69 bits per heavy atom. The Morgan fingerprint density at radius 1 is 1.28 bits per heavy atom. The molecule has 0 unspecified atom stereocenters. The second-order valence-electron chi connectivity index (χ2n) is 6.61. The summed E-state index contributed by atoms with van der Waals surface area (Å²) < 4.78 is 5.34. The largest absolute Gasteiger partial charge is 0.381 e. The second kappa shape index (κ2) is 12.0. The first-order valence-corrected chi connectivity index (χ1v) is 10.3. The third-order valence-electron chi connectivity index (χ3n) is 4.89. The third-order valence-corrected chi connectivity index (χ3v) is 4.89. The van der Waals surface area contributed by atoms with Crippen molar-refractivity contribution in [3.63, 3.8) is 0 Å². The maximum atomic E-state index is 11.3. The highest BCUT2D eigenvalue weighted by atomic mass is 16.6. The summed E-state index contributed by atoms with van der Waals surface area (Å²) in [4.78, 5) is 28.3. The van der Waals surface area contributed by atoms with E-state index in [-0.39, 0.29) is 11.7 Å². The number of benzene rings is 1. The average molecular weight is 402 g/mol. The summed E-state index contributed by atoms with van der Waals surface area (Å²) in [6.45, 7) is 6.69. The summed E-state index contributed by atoms with van der Waals surface area (Å²) in [7, 11) is 0. The molecule has 1 aliphatic rings. The molecule has 0 aliphatic carbocycles. The van der Waals surface area contributed by atoms with Crippen LogP contribution in [0.25, 0.3) is 10.9 Å². The molecule has 8 nitrogen and oxygen atoms in total. The normalized spacial score (nSPS) is 14.0. The van der Waals surface area contributed by atoms with E-state index < -0.39 is 4.92 Å². The summed E-state index contributed by atoms with van der Waals surface area (Å²) >= 11 is 0. The molecule has 0 saturated carbocycles. The highest BCUT2D eigenvalue weighted by Crippen LogP contribution is 2.31. The number of aromatic nitrogens is 1. The third kappa shape index (κ3) is 6.12. The lowest BCUT2D eigenvalue weighted by molar-refractivity contribution is -0.384. The number of unbranched alkanes of at least 4 members (excludes halogenated alkanes) is 1. The van der Waals surface area contributed by atoms with Gasteiger partial charge in [-0.3, -0.25) is 14.9 Å². The van der Waals surface area contributed by atoms with Crippen LogP contribution in [0, 0.1) is 10.1 Å². The first-order valence-electron chi connectivity index (χ1n) is 10.3. The van der Waals surface area contributed by atoms with Gasteiger partial charge in [0.1, 0.15) is 11.9 Å². The van der Waals surface area contributed by atoms with Crippen molar-refractivity contribution in [3.8, 4) is 0 Å². The molecule has 0 bridgehead atoms. The highest BCUT2D eigenvalue weighted by molar-refractivity contribution is 5.95. The number of rotatable bonds is 9. The molecular formula is C21H30N4O4. The summed E-state index contributed by atoms with van der Waals surface area (Å²) in [5, 5.41) is 15.3. The van der Waals surface area contributed by atoms with Gasteiger partial charge >= 0.3 is 5.69 Å². The van der Waals surface area contributed by atoms with Gasteiger partial charge in [0.25, 0.3) is 0 Å². The Labute approximate surface area is 171 Å². The highest BCUT2D eigenvalue weighted by Gasteiger charge is 2.20. The molecule has 158 valence electrons. The maximum absolute atomic E-state index is 11.3. The fourth-order valence-corrected chi connectivity index (χ4v) is 3.43. The van der Waals surface area contributed by atoms with Crippen LogP contribution in [-0.2, 0) is 9.53 Å². The number of nitro groups is 1. The number of hydrogen-bond acceptors (Lipinski definition) is 6. The van der Waals surface area contributed by atoms with Crippen LogP contribution in [-0.4, -0.2) is 53.6 Å². The number of anilines is 1. The van der Waals surface area contributed by atoms with Crippen molar-refractivity contribution < 1.29 is 14.5 Å². The molecule has 1 saturated heterocycles. The quantitative estimate of drug-likeness (QED) is 0.295. The summed E-state index contributed by atoms with van der Waals surface area (Å²) in [5.74, 6) is 0. The van der Waals surface area contributed by atoms with Crippen LogP contribution in [0.2, 0.25) is 0 Å². The van der Waals surface area contributed by atoms with E-state index in [2.05, 4.69) is 10.3 Å². The molecule has 0 atom stereocenters. The van der Waals surface area contributed by atoms with Crippen LogP contribution in [0.3, 0.4) is 0 Å². The van der Waals surface area contributed by atoms with E-state index in [0.29, 0.717) is 32.0 Å². The first kappa shape index (κ1) is 22.5. The van der Waals surface area contributed by atoms with Crippen LogP contribution in [0.1, 0.15) is 39.5 Å². The standard InChI is InChI=1S/C19H24N4O4.C2H6/c24-14-22(15-7-11-27-12-8-15)10-4-3-9-20-19-16-5-1-2-6-17(16)21-13-18(19)23(25)26;1-2/h1-2,5-6,13-15H,3-4,7-12H2,(H,20,21);1-2H3. The van der Waals surface area contributed by atoms with Crippen LogP contribution in [0.5, 0.6) is 0 Å². The van der Waals surface area contributed by atoms with Crippen molar-refractivity contribution in [2.24, 2.45) is 0 Å². The van der Waals surface area contributed by atoms with Crippen molar-refractivity contribution in [2.45, 2.75) is 45.6 Å². The van der Waals surface area contributed by atoms with E-state index in [0.717, 1.165) is 43.0 Å². The molecule has 0 radical (unpaired) electrons. The van der Waals surface area contributed by atoms with Gasteiger partial charge in [-0.15, -0.1) is 0 Å². The molecule has 1 N–H and O–H groups in total. The van der Waals surface area contributed by atoms with Crippen molar-refractivity contribution >= 4 is 28.7 Å². The molecule has 1 aromatic heterocycles. The zero-order valence-corrected chi connectivity index (χ0v) is 17.2. The van der Waals surface area contributed by atoms with Crippen LogP contribution in [0.4, 0.5) is 11.4 Å². The van der Waals surface area contributed by atoms with Gasteiger partial charge < -0.3 is 15.0 Å². The Hall–Kier alpha value is -2.74. The number of carbonyl (C=O) groups excluding carboxylic acids is 1. The number of ether oxygens (including phenoxy) is 1.